The molecule has 0 atom stereocenters. The number of esters is 1. The molecular formula is C22H19ClN2O4S. The van der Waals surface area contributed by atoms with Crippen molar-refractivity contribution in [2.75, 3.05) is 7.11 Å². The number of thiophene rings is 1. The maximum absolute atomic E-state index is 13.6. The van der Waals surface area contributed by atoms with Crippen LogP contribution in [-0.2, 0) is 17.7 Å². The van der Waals surface area contributed by atoms with Gasteiger partial charge < -0.3 is 9.15 Å². The van der Waals surface area contributed by atoms with Crippen molar-refractivity contribution in [2.45, 2.75) is 26.8 Å². The Bertz CT molecular complexity index is 1300. The number of ether oxygens (including phenoxy) is 1. The van der Waals surface area contributed by atoms with Crippen molar-refractivity contribution in [3.8, 4) is 11.1 Å². The molecular weight excluding hydrogens is 424 g/mol. The molecule has 3 heterocycles. The van der Waals surface area contributed by atoms with E-state index in [-0.39, 0.29) is 17.9 Å². The van der Waals surface area contributed by atoms with Gasteiger partial charge in [0, 0.05) is 21.9 Å². The number of rotatable bonds is 5. The van der Waals surface area contributed by atoms with Gasteiger partial charge in [0.1, 0.15) is 16.4 Å². The van der Waals surface area contributed by atoms with E-state index >= 15 is 0 Å². The van der Waals surface area contributed by atoms with Crippen LogP contribution in [0.3, 0.4) is 0 Å². The molecule has 1 aromatic carbocycles. The van der Waals surface area contributed by atoms with E-state index in [4.69, 9.17) is 21.0 Å². The minimum atomic E-state index is -0.559. The Morgan fingerprint density at radius 1 is 1.23 bits per heavy atom. The largest absolute Gasteiger partial charge is 0.463 e. The summed E-state index contributed by atoms with van der Waals surface area (Å²) in [7, 11) is 1.29. The van der Waals surface area contributed by atoms with Crippen molar-refractivity contribution in [3.05, 3.63) is 74.0 Å². The van der Waals surface area contributed by atoms with Crippen molar-refractivity contribution < 1.29 is 13.9 Å². The second kappa shape index (κ2) is 8.08. The van der Waals surface area contributed by atoms with E-state index in [2.05, 4.69) is 4.74 Å². The van der Waals surface area contributed by atoms with Gasteiger partial charge in [0.15, 0.2) is 0 Å². The van der Waals surface area contributed by atoms with Crippen LogP contribution in [-0.4, -0.2) is 22.6 Å². The van der Waals surface area contributed by atoms with E-state index in [0.717, 1.165) is 16.0 Å². The van der Waals surface area contributed by atoms with Crippen molar-refractivity contribution in [2.24, 2.45) is 0 Å². The molecule has 154 valence electrons. The number of furan rings is 1. The molecule has 8 heteroatoms. The van der Waals surface area contributed by atoms with Gasteiger partial charge >= 0.3 is 5.97 Å². The van der Waals surface area contributed by atoms with E-state index in [9.17, 15) is 9.59 Å². The summed E-state index contributed by atoms with van der Waals surface area (Å²) < 4.78 is 11.9. The molecule has 0 bridgehead atoms. The summed E-state index contributed by atoms with van der Waals surface area (Å²) in [5.41, 5.74) is 1.65. The van der Waals surface area contributed by atoms with Crippen LogP contribution in [0.25, 0.3) is 21.3 Å². The quantitative estimate of drug-likeness (QED) is 0.403. The second-order valence-electron chi connectivity index (χ2n) is 6.75. The maximum atomic E-state index is 13.6. The Balaban J connectivity index is 1.87. The van der Waals surface area contributed by atoms with Gasteiger partial charge in [0.2, 0.25) is 5.76 Å². The number of aryl methyl sites for hydroxylation is 2. The third kappa shape index (κ3) is 3.55. The van der Waals surface area contributed by atoms with Gasteiger partial charge in [-0.25, -0.2) is 9.78 Å². The summed E-state index contributed by atoms with van der Waals surface area (Å²) in [6.45, 7) is 4.12. The van der Waals surface area contributed by atoms with E-state index in [1.807, 2.05) is 38.1 Å². The summed E-state index contributed by atoms with van der Waals surface area (Å²) in [5.74, 6) is 0.679. The minimum absolute atomic E-state index is 0.0980. The Labute approximate surface area is 181 Å². The monoisotopic (exact) mass is 442 g/mol. The Morgan fingerprint density at radius 3 is 2.63 bits per heavy atom. The fourth-order valence-corrected chi connectivity index (χ4v) is 4.64. The zero-order valence-electron chi connectivity index (χ0n) is 16.7. The van der Waals surface area contributed by atoms with Crippen molar-refractivity contribution in [1.29, 1.82) is 0 Å². The average molecular weight is 443 g/mol. The van der Waals surface area contributed by atoms with Crippen LogP contribution >= 0.6 is 22.9 Å². The van der Waals surface area contributed by atoms with Crippen LogP contribution in [0, 0.1) is 6.92 Å². The number of halogens is 1. The fourth-order valence-electron chi connectivity index (χ4n) is 3.46. The van der Waals surface area contributed by atoms with Gasteiger partial charge in [-0.15, -0.1) is 11.3 Å². The smallest absolute Gasteiger partial charge is 0.373 e. The van der Waals surface area contributed by atoms with Crippen LogP contribution in [0.4, 0.5) is 0 Å². The lowest BCUT2D eigenvalue weighted by molar-refractivity contribution is 0.0563. The number of methoxy groups -OCH3 is 1. The highest BCUT2D eigenvalue weighted by molar-refractivity contribution is 7.19. The Morgan fingerprint density at radius 2 is 1.97 bits per heavy atom. The lowest BCUT2D eigenvalue weighted by Crippen LogP contribution is -2.25. The van der Waals surface area contributed by atoms with Gasteiger partial charge in [-0.2, -0.15) is 0 Å². The number of hydrogen-bond donors (Lipinski definition) is 0. The second-order valence-corrected chi connectivity index (χ2v) is 8.39. The molecule has 0 saturated heterocycles. The van der Waals surface area contributed by atoms with Crippen LogP contribution in [0.1, 0.15) is 33.9 Å². The molecule has 0 aliphatic heterocycles. The first-order valence-corrected chi connectivity index (χ1v) is 10.6. The van der Waals surface area contributed by atoms with Crippen LogP contribution in [0.5, 0.6) is 0 Å². The number of nitrogens with zero attached hydrogens (tertiary/aromatic N) is 2. The van der Waals surface area contributed by atoms with Crippen LogP contribution in [0.15, 0.2) is 45.6 Å². The molecule has 0 N–H and O–H groups in total. The number of carbonyl (C=O) groups is 1. The summed E-state index contributed by atoms with van der Waals surface area (Å²) in [4.78, 5) is 31.7. The Hall–Kier alpha value is -2.90. The molecule has 0 fully saturated rings. The van der Waals surface area contributed by atoms with E-state index in [1.54, 1.807) is 10.6 Å². The first kappa shape index (κ1) is 20.4. The van der Waals surface area contributed by atoms with E-state index < -0.39 is 5.97 Å². The van der Waals surface area contributed by atoms with Crippen LogP contribution < -0.4 is 5.56 Å². The van der Waals surface area contributed by atoms with Crippen molar-refractivity contribution >= 4 is 39.1 Å². The number of fused-ring (bicyclic) bond motifs is 1. The average Bonchev–Trinajstić information content (AvgIpc) is 3.34. The highest BCUT2D eigenvalue weighted by Crippen LogP contribution is 2.36. The predicted octanol–water partition coefficient (Wildman–Crippen LogP) is 5.08. The molecule has 0 aliphatic rings. The van der Waals surface area contributed by atoms with Gasteiger partial charge in [-0.1, -0.05) is 30.7 Å². The zero-order valence-corrected chi connectivity index (χ0v) is 18.3. The van der Waals surface area contributed by atoms with Crippen molar-refractivity contribution in [1.82, 2.24) is 9.55 Å². The van der Waals surface area contributed by atoms with Gasteiger partial charge in [0.05, 0.1) is 19.0 Å². The molecule has 4 rings (SSSR count). The zero-order chi connectivity index (χ0) is 21.4. The molecule has 6 nitrogen and oxygen atoms in total. The molecule has 0 radical (unpaired) electrons. The van der Waals surface area contributed by atoms with Gasteiger partial charge in [-0.05, 0) is 36.8 Å². The fraction of sp³-hybridized carbons (Fsp3) is 0.227. The number of aromatic nitrogens is 2. The highest BCUT2D eigenvalue weighted by atomic mass is 35.5. The van der Waals surface area contributed by atoms with Crippen LogP contribution in [0.2, 0.25) is 5.02 Å². The van der Waals surface area contributed by atoms with Gasteiger partial charge in [-0.3, -0.25) is 9.36 Å². The molecule has 0 spiro atoms. The molecule has 0 unspecified atom stereocenters. The first-order valence-electron chi connectivity index (χ1n) is 9.38. The predicted molar refractivity (Wildman–Crippen MR) is 118 cm³/mol. The Kier molecular flexibility index (Phi) is 5.49. The number of carbonyl (C=O) groups excluding carboxylic acids is 1. The topological polar surface area (TPSA) is 74.3 Å². The lowest BCUT2D eigenvalue weighted by atomic mass is 10.0. The molecule has 0 aliphatic carbocycles. The molecule has 0 amide bonds. The number of benzene rings is 1. The van der Waals surface area contributed by atoms with E-state index in [1.165, 1.54) is 24.5 Å². The summed E-state index contributed by atoms with van der Waals surface area (Å²) in [5, 5.41) is 1.22. The summed E-state index contributed by atoms with van der Waals surface area (Å²) in [6, 6.07) is 10.6. The maximum Gasteiger partial charge on any atom is 0.373 e. The highest BCUT2D eigenvalue weighted by Gasteiger charge is 2.20. The summed E-state index contributed by atoms with van der Waals surface area (Å²) >= 11 is 7.54. The summed E-state index contributed by atoms with van der Waals surface area (Å²) in [6.07, 6.45) is 0.586. The first-order chi connectivity index (χ1) is 14.4. The third-order valence-corrected chi connectivity index (χ3v) is 6.13. The van der Waals surface area contributed by atoms with Gasteiger partial charge in [0.25, 0.3) is 5.56 Å². The van der Waals surface area contributed by atoms with E-state index in [0.29, 0.717) is 33.2 Å². The minimum Gasteiger partial charge on any atom is -0.463 e. The molecule has 30 heavy (non-hydrogen) atoms. The lowest BCUT2D eigenvalue weighted by Gasteiger charge is -2.10. The van der Waals surface area contributed by atoms with Crippen molar-refractivity contribution in [3.63, 3.8) is 0 Å². The standard InChI is InChI=1S/C22H19ClN2O4S/c1-4-17-24-20-19(18(12(2)30-20)13-5-7-14(23)8-6-13)21(26)25(17)11-15-9-10-16(29-15)22(27)28-3/h5-10H,4,11H2,1-3H3. The normalized spacial score (nSPS) is 11.2. The molecule has 0 saturated carbocycles. The SMILES string of the molecule is CCc1nc2sc(C)c(-c3ccc(Cl)cc3)c2c(=O)n1Cc1ccc(C(=O)OC)o1. The number of hydrogen-bond acceptors (Lipinski definition) is 6. The third-order valence-electron chi connectivity index (χ3n) is 4.88. The molecule has 4 aromatic rings. The molecule has 3 aromatic heterocycles.